The number of ether oxygens (including phenoxy) is 2. The maximum absolute atomic E-state index is 6.15. The van der Waals surface area contributed by atoms with E-state index in [0.717, 1.165) is 16.7 Å². The summed E-state index contributed by atoms with van der Waals surface area (Å²) < 4.78 is 11.3. The molecular formula is C17H21ClN2O2. The van der Waals surface area contributed by atoms with E-state index >= 15 is 0 Å². The van der Waals surface area contributed by atoms with Crippen LogP contribution < -0.4 is 20.9 Å². The van der Waals surface area contributed by atoms with Crippen LogP contribution in [0.1, 0.15) is 16.7 Å². The molecule has 2 aromatic rings. The standard InChI is InChI=1S/C17H21ClN2O2/c1-10-4-5-14(13(19)8-10)21-6-7-22-15-9-11(2)16(18)12(3)17(15)20/h4-5,8-9H,6-7,19-20H2,1-3H3. The summed E-state index contributed by atoms with van der Waals surface area (Å²) in [5.74, 6) is 1.28. The van der Waals surface area contributed by atoms with E-state index in [9.17, 15) is 0 Å². The van der Waals surface area contributed by atoms with E-state index in [4.69, 9.17) is 32.5 Å². The first kappa shape index (κ1) is 16.3. The molecule has 0 unspecified atom stereocenters. The van der Waals surface area contributed by atoms with Crippen LogP contribution in [0.15, 0.2) is 24.3 Å². The first-order valence-electron chi connectivity index (χ1n) is 7.07. The molecule has 0 bridgehead atoms. The summed E-state index contributed by atoms with van der Waals surface area (Å²) in [6.07, 6.45) is 0. The van der Waals surface area contributed by atoms with Gasteiger partial charge in [0, 0.05) is 5.02 Å². The minimum atomic E-state index is 0.373. The Bertz CT molecular complexity index is 687. The van der Waals surface area contributed by atoms with Crippen molar-refractivity contribution >= 4 is 23.0 Å². The minimum Gasteiger partial charge on any atom is -0.488 e. The van der Waals surface area contributed by atoms with Crippen molar-refractivity contribution in [1.29, 1.82) is 0 Å². The van der Waals surface area contributed by atoms with Crippen LogP contribution in [0.2, 0.25) is 5.02 Å². The molecule has 4 nitrogen and oxygen atoms in total. The van der Waals surface area contributed by atoms with Gasteiger partial charge in [-0.15, -0.1) is 0 Å². The molecule has 0 aliphatic rings. The van der Waals surface area contributed by atoms with Crippen LogP contribution in [0, 0.1) is 20.8 Å². The number of nitrogen functional groups attached to an aromatic ring is 2. The van der Waals surface area contributed by atoms with Crippen LogP contribution in [0.4, 0.5) is 11.4 Å². The van der Waals surface area contributed by atoms with Crippen LogP contribution in [-0.2, 0) is 0 Å². The fourth-order valence-electron chi connectivity index (χ4n) is 2.16. The molecule has 0 radical (unpaired) electrons. The fourth-order valence-corrected chi connectivity index (χ4v) is 2.31. The predicted octanol–water partition coefficient (Wildman–Crippen LogP) is 3.89. The van der Waals surface area contributed by atoms with Crippen molar-refractivity contribution in [2.45, 2.75) is 20.8 Å². The summed E-state index contributed by atoms with van der Waals surface area (Å²) in [7, 11) is 0. The summed E-state index contributed by atoms with van der Waals surface area (Å²) in [6, 6.07) is 7.52. The Balaban J connectivity index is 1.94. The lowest BCUT2D eigenvalue weighted by Gasteiger charge is -2.14. The molecule has 2 aromatic carbocycles. The zero-order valence-corrected chi connectivity index (χ0v) is 13.8. The predicted molar refractivity (Wildman–Crippen MR) is 91.9 cm³/mol. The normalized spacial score (nSPS) is 10.5. The van der Waals surface area contributed by atoms with Gasteiger partial charge in [-0.25, -0.2) is 0 Å². The molecule has 5 heteroatoms. The minimum absolute atomic E-state index is 0.373. The van der Waals surface area contributed by atoms with Gasteiger partial charge in [0.25, 0.3) is 0 Å². The number of rotatable bonds is 5. The van der Waals surface area contributed by atoms with Crippen molar-refractivity contribution in [3.8, 4) is 11.5 Å². The monoisotopic (exact) mass is 320 g/mol. The molecule has 0 aliphatic carbocycles. The van der Waals surface area contributed by atoms with Gasteiger partial charge in [-0.3, -0.25) is 0 Å². The van der Waals surface area contributed by atoms with E-state index in [0.29, 0.717) is 41.1 Å². The molecule has 2 rings (SSSR count). The lowest BCUT2D eigenvalue weighted by atomic mass is 10.1. The molecule has 0 aromatic heterocycles. The summed E-state index contributed by atoms with van der Waals surface area (Å²) >= 11 is 6.15. The number of benzene rings is 2. The van der Waals surface area contributed by atoms with E-state index in [2.05, 4.69) is 0 Å². The van der Waals surface area contributed by atoms with Gasteiger partial charge in [0.05, 0.1) is 11.4 Å². The summed E-state index contributed by atoms with van der Waals surface area (Å²) in [4.78, 5) is 0. The van der Waals surface area contributed by atoms with E-state index in [1.165, 1.54) is 0 Å². The molecule has 4 N–H and O–H groups in total. The average Bonchev–Trinajstić information content (AvgIpc) is 2.48. The van der Waals surface area contributed by atoms with Gasteiger partial charge in [-0.1, -0.05) is 17.7 Å². The maximum atomic E-state index is 6.15. The van der Waals surface area contributed by atoms with Crippen molar-refractivity contribution in [3.05, 3.63) is 46.0 Å². The van der Waals surface area contributed by atoms with Crippen LogP contribution >= 0.6 is 11.6 Å². The molecule has 0 atom stereocenters. The molecular weight excluding hydrogens is 300 g/mol. The fraction of sp³-hybridized carbons (Fsp3) is 0.294. The number of anilines is 2. The van der Waals surface area contributed by atoms with Gasteiger partial charge in [-0.2, -0.15) is 0 Å². The summed E-state index contributed by atoms with van der Waals surface area (Å²) in [6.45, 7) is 6.54. The third-order valence-electron chi connectivity index (χ3n) is 3.46. The van der Waals surface area contributed by atoms with Gasteiger partial charge < -0.3 is 20.9 Å². The van der Waals surface area contributed by atoms with Gasteiger partial charge in [0.2, 0.25) is 0 Å². The number of hydrogen-bond donors (Lipinski definition) is 2. The highest BCUT2D eigenvalue weighted by Gasteiger charge is 2.10. The van der Waals surface area contributed by atoms with Crippen LogP contribution in [0.5, 0.6) is 11.5 Å². The lowest BCUT2D eigenvalue weighted by molar-refractivity contribution is 0.218. The van der Waals surface area contributed by atoms with Gasteiger partial charge in [-0.05, 0) is 55.7 Å². The maximum Gasteiger partial charge on any atom is 0.143 e. The second-order valence-corrected chi connectivity index (χ2v) is 5.66. The number of nitrogens with two attached hydrogens (primary N) is 2. The van der Waals surface area contributed by atoms with Gasteiger partial charge in [0.15, 0.2) is 0 Å². The zero-order chi connectivity index (χ0) is 16.3. The Labute approximate surface area is 136 Å². The first-order chi connectivity index (χ1) is 10.4. The van der Waals surface area contributed by atoms with E-state index < -0.39 is 0 Å². The third kappa shape index (κ3) is 3.57. The molecule has 0 amide bonds. The number of halogens is 1. The molecule has 0 saturated heterocycles. The van der Waals surface area contributed by atoms with Crippen molar-refractivity contribution in [2.24, 2.45) is 0 Å². The average molecular weight is 321 g/mol. The van der Waals surface area contributed by atoms with E-state index in [1.807, 2.05) is 45.0 Å². The first-order valence-corrected chi connectivity index (χ1v) is 7.45. The quantitative estimate of drug-likeness (QED) is 0.647. The molecule has 0 saturated carbocycles. The summed E-state index contributed by atoms with van der Waals surface area (Å²) in [5.41, 5.74) is 16.0. The Morgan fingerprint density at radius 1 is 0.955 bits per heavy atom. The Morgan fingerprint density at radius 2 is 1.59 bits per heavy atom. The number of aryl methyl sites for hydroxylation is 2. The molecule has 0 heterocycles. The van der Waals surface area contributed by atoms with Gasteiger partial charge in [0.1, 0.15) is 24.7 Å². The Hall–Kier alpha value is -2.07. The lowest BCUT2D eigenvalue weighted by Crippen LogP contribution is -2.11. The Morgan fingerprint density at radius 3 is 2.23 bits per heavy atom. The molecule has 0 spiro atoms. The van der Waals surface area contributed by atoms with Gasteiger partial charge >= 0.3 is 0 Å². The van der Waals surface area contributed by atoms with Crippen LogP contribution in [-0.4, -0.2) is 13.2 Å². The topological polar surface area (TPSA) is 70.5 Å². The Kier molecular flexibility index (Phi) is 5.03. The highest BCUT2D eigenvalue weighted by Crippen LogP contribution is 2.33. The van der Waals surface area contributed by atoms with Crippen molar-refractivity contribution < 1.29 is 9.47 Å². The van der Waals surface area contributed by atoms with Crippen molar-refractivity contribution in [3.63, 3.8) is 0 Å². The summed E-state index contributed by atoms with van der Waals surface area (Å²) in [5, 5.41) is 0.675. The third-order valence-corrected chi connectivity index (χ3v) is 4.04. The number of hydrogen-bond acceptors (Lipinski definition) is 4. The molecule has 22 heavy (non-hydrogen) atoms. The molecule has 0 aliphatic heterocycles. The zero-order valence-electron chi connectivity index (χ0n) is 13.1. The van der Waals surface area contributed by atoms with E-state index in [1.54, 1.807) is 0 Å². The smallest absolute Gasteiger partial charge is 0.143 e. The van der Waals surface area contributed by atoms with E-state index in [-0.39, 0.29) is 0 Å². The van der Waals surface area contributed by atoms with Crippen molar-refractivity contribution in [2.75, 3.05) is 24.7 Å². The largest absolute Gasteiger partial charge is 0.488 e. The highest BCUT2D eigenvalue weighted by molar-refractivity contribution is 6.32. The van der Waals surface area contributed by atoms with Crippen LogP contribution in [0.25, 0.3) is 0 Å². The second kappa shape index (κ2) is 6.79. The second-order valence-electron chi connectivity index (χ2n) is 5.28. The molecule has 0 fully saturated rings. The van der Waals surface area contributed by atoms with Crippen molar-refractivity contribution in [1.82, 2.24) is 0 Å². The van der Waals surface area contributed by atoms with Crippen LogP contribution in [0.3, 0.4) is 0 Å². The SMILES string of the molecule is Cc1ccc(OCCOc2cc(C)c(Cl)c(C)c2N)c(N)c1. The molecule has 118 valence electrons. The highest BCUT2D eigenvalue weighted by atomic mass is 35.5.